The van der Waals surface area contributed by atoms with Gasteiger partial charge in [-0.15, -0.1) is 0 Å². The fourth-order valence-corrected chi connectivity index (χ4v) is 3.51. The van der Waals surface area contributed by atoms with Gasteiger partial charge >= 0.3 is 0 Å². The van der Waals surface area contributed by atoms with Crippen molar-refractivity contribution >= 4 is 5.91 Å². The van der Waals surface area contributed by atoms with Crippen LogP contribution in [0.15, 0.2) is 47.4 Å². The van der Waals surface area contributed by atoms with E-state index in [0.29, 0.717) is 23.8 Å². The maximum absolute atomic E-state index is 13.0. The molecule has 4 heterocycles. The smallest absolute Gasteiger partial charge is 0.276 e. The Morgan fingerprint density at radius 3 is 2.96 bits per heavy atom. The standard InChI is InChI=1S/C19H16N4O4/c24-19(23-7-1-2-15(23)14-10-20-5-6-21-14)13-9-17(27-22-13)12-3-4-16-18(8-12)26-11-25-16/h3-6,8-10,15H,1-2,7,11H2. The van der Waals surface area contributed by atoms with Crippen LogP contribution in [-0.2, 0) is 0 Å². The minimum absolute atomic E-state index is 0.0862. The molecule has 2 aromatic heterocycles. The number of hydrogen-bond donors (Lipinski definition) is 0. The normalized spacial score (nSPS) is 18.1. The maximum atomic E-state index is 13.0. The Kier molecular flexibility index (Phi) is 3.74. The van der Waals surface area contributed by atoms with E-state index in [0.717, 1.165) is 24.1 Å². The van der Waals surface area contributed by atoms with Crippen molar-refractivity contribution in [3.63, 3.8) is 0 Å². The number of likely N-dealkylation sites (tertiary alicyclic amines) is 1. The molecule has 1 aromatic carbocycles. The molecule has 8 nitrogen and oxygen atoms in total. The molecule has 2 aliphatic rings. The van der Waals surface area contributed by atoms with Gasteiger partial charge in [-0.1, -0.05) is 5.16 Å². The molecule has 5 rings (SSSR count). The van der Waals surface area contributed by atoms with Crippen molar-refractivity contribution in [3.05, 3.63) is 54.2 Å². The van der Waals surface area contributed by atoms with Crippen LogP contribution in [-0.4, -0.2) is 39.3 Å². The van der Waals surface area contributed by atoms with Crippen molar-refractivity contribution in [1.82, 2.24) is 20.0 Å². The Hall–Kier alpha value is -3.42. The molecule has 27 heavy (non-hydrogen) atoms. The fourth-order valence-electron chi connectivity index (χ4n) is 3.51. The maximum Gasteiger partial charge on any atom is 0.276 e. The zero-order chi connectivity index (χ0) is 18.2. The SMILES string of the molecule is O=C(c1cc(-c2ccc3c(c2)OCO3)on1)N1CCCC1c1cnccn1. The second-order valence-electron chi connectivity index (χ2n) is 6.43. The number of ether oxygens (including phenoxy) is 2. The van der Waals surface area contributed by atoms with Gasteiger partial charge in [0.25, 0.3) is 5.91 Å². The lowest BCUT2D eigenvalue weighted by Crippen LogP contribution is -2.31. The van der Waals surface area contributed by atoms with E-state index < -0.39 is 0 Å². The Morgan fingerprint density at radius 2 is 2.07 bits per heavy atom. The summed E-state index contributed by atoms with van der Waals surface area (Å²) in [6, 6.07) is 7.05. The highest BCUT2D eigenvalue weighted by atomic mass is 16.7. The zero-order valence-electron chi connectivity index (χ0n) is 14.4. The molecule has 1 saturated heterocycles. The summed E-state index contributed by atoms with van der Waals surface area (Å²) < 4.78 is 16.1. The topological polar surface area (TPSA) is 90.6 Å². The number of amides is 1. The van der Waals surface area contributed by atoms with E-state index in [2.05, 4.69) is 15.1 Å². The zero-order valence-corrected chi connectivity index (χ0v) is 14.4. The summed E-state index contributed by atoms with van der Waals surface area (Å²) in [4.78, 5) is 23.2. The quantitative estimate of drug-likeness (QED) is 0.706. The van der Waals surface area contributed by atoms with Crippen LogP contribution >= 0.6 is 0 Å². The molecule has 0 bridgehead atoms. The highest BCUT2D eigenvalue weighted by Gasteiger charge is 2.33. The van der Waals surface area contributed by atoms with Crippen LogP contribution in [0, 0.1) is 0 Å². The number of hydrogen-bond acceptors (Lipinski definition) is 7. The van der Waals surface area contributed by atoms with Crippen LogP contribution in [0.3, 0.4) is 0 Å². The van der Waals surface area contributed by atoms with Crippen molar-refractivity contribution in [2.45, 2.75) is 18.9 Å². The minimum atomic E-state index is -0.168. The van der Waals surface area contributed by atoms with Gasteiger partial charge in [0.15, 0.2) is 23.0 Å². The summed E-state index contributed by atoms with van der Waals surface area (Å²) in [5.74, 6) is 1.68. The third-order valence-electron chi connectivity index (χ3n) is 4.82. The summed E-state index contributed by atoms with van der Waals surface area (Å²) in [6.45, 7) is 0.865. The summed E-state index contributed by atoms with van der Waals surface area (Å²) in [7, 11) is 0. The van der Waals surface area contributed by atoms with Crippen molar-refractivity contribution in [2.75, 3.05) is 13.3 Å². The molecular weight excluding hydrogens is 348 g/mol. The highest BCUT2D eigenvalue weighted by Crippen LogP contribution is 2.36. The number of benzene rings is 1. The molecular formula is C19H16N4O4. The molecule has 1 unspecified atom stereocenters. The molecule has 8 heteroatoms. The van der Waals surface area contributed by atoms with Crippen molar-refractivity contribution in [3.8, 4) is 22.8 Å². The first-order valence-electron chi connectivity index (χ1n) is 8.73. The lowest BCUT2D eigenvalue weighted by atomic mass is 10.1. The molecule has 0 radical (unpaired) electrons. The molecule has 1 atom stereocenters. The van der Waals surface area contributed by atoms with Crippen molar-refractivity contribution in [1.29, 1.82) is 0 Å². The first-order chi connectivity index (χ1) is 13.3. The molecule has 3 aromatic rings. The average Bonchev–Trinajstić information content (AvgIpc) is 3.47. The van der Waals surface area contributed by atoms with Gasteiger partial charge in [0.05, 0.1) is 17.9 Å². The number of aromatic nitrogens is 3. The monoisotopic (exact) mass is 364 g/mol. The van der Waals surface area contributed by atoms with Gasteiger partial charge in [0.2, 0.25) is 6.79 Å². The lowest BCUT2D eigenvalue weighted by Gasteiger charge is -2.22. The third kappa shape index (κ3) is 2.79. The second-order valence-corrected chi connectivity index (χ2v) is 6.43. The van der Waals surface area contributed by atoms with Crippen LogP contribution in [0.1, 0.15) is 35.1 Å². The molecule has 2 aliphatic heterocycles. The van der Waals surface area contributed by atoms with E-state index in [-0.39, 0.29) is 24.4 Å². The van der Waals surface area contributed by atoms with E-state index in [4.69, 9.17) is 14.0 Å². The Bertz CT molecular complexity index is 988. The molecule has 0 spiro atoms. The largest absolute Gasteiger partial charge is 0.454 e. The van der Waals surface area contributed by atoms with Gasteiger partial charge in [0, 0.05) is 30.6 Å². The first-order valence-corrected chi connectivity index (χ1v) is 8.73. The second kappa shape index (κ2) is 6.39. The van der Waals surface area contributed by atoms with E-state index in [1.807, 2.05) is 18.2 Å². The number of nitrogens with zero attached hydrogens (tertiary/aromatic N) is 4. The van der Waals surface area contributed by atoms with Crippen LogP contribution in [0.2, 0.25) is 0 Å². The lowest BCUT2D eigenvalue weighted by molar-refractivity contribution is 0.0722. The van der Waals surface area contributed by atoms with Gasteiger partial charge < -0.3 is 18.9 Å². The van der Waals surface area contributed by atoms with Crippen LogP contribution in [0.25, 0.3) is 11.3 Å². The Labute approximate surface area is 154 Å². The molecule has 1 amide bonds. The Balaban J connectivity index is 1.40. The van der Waals surface area contributed by atoms with E-state index in [1.165, 1.54) is 0 Å². The van der Waals surface area contributed by atoms with Gasteiger partial charge in [-0.2, -0.15) is 0 Å². The van der Waals surface area contributed by atoms with E-state index in [9.17, 15) is 4.79 Å². The predicted molar refractivity (Wildman–Crippen MR) is 93.1 cm³/mol. The van der Waals surface area contributed by atoms with Gasteiger partial charge in [-0.25, -0.2) is 0 Å². The van der Waals surface area contributed by atoms with E-state index in [1.54, 1.807) is 29.6 Å². The number of rotatable bonds is 3. The van der Waals surface area contributed by atoms with Gasteiger partial charge in [-0.05, 0) is 31.0 Å². The van der Waals surface area contributed by atoms with Crippen LogP contribution in [0.4, 0.5) is 0 Å². The minimum Gasteiger partial charge on any atom is -0.454 e. The molecule has 0 N–H and O–H groups in total. The summed E-state index contributed by atoms with van der Waals surface area (Å²) in [5, 5.41) is 3.98. The van der Waals surface area contributed by atoms with Gasteiger partial charge in [0.1, 0.15) is 0 Å². The highest BCUT2D eigenvalue weighted by molar-refractivity contribution is 5.93. The van der Waals surface area contributed by atoms with Gasteiger partial charge in [-0.3, -0.25) is 14.8 Å². The van der Waals surface area contributed by atoms with Crippen LogP contribution < -0.4 is 9.47 Å². The number of carbonyl (C=O) groups is 1. The molecule has 136 valence electrons. The summed E-state index contributed by atoms with van der Waals surface area (Å²) >= 11 is 0. The number of fused-ring (bicyclic) bond motifs is 1. The summed E-state index contributed by atoms with van der Waals surface area (Å²) in [6.07, 6.45) is 6.75. The van der Waals surface area contributed by atoms with Crippen molar-refractivity contribution in [2.24, 2.45) is 0 Å². The Morgan fingerprint density at radius 1 is 1.15 bits per heavy atom. The number of carbonyl (C=O) groups excluding carboxylic acids is 1. The van der Waals surface area contributed by atoms with E-state index >= 15 is 0 Å². The first kappa shape index (κ1) is 15.8. The average molecular weight is 364 g/mol. The summed E-state index contributed by atoms with van der Waals surface area (Å²) in [5.41, 5.74) is 1.85. The van der Waals surface area contributed by atoms with Crippen molar-refractivity contribution < 1.29 is 18.8 Å². The fraction of sp³-hybridized carbons (Fsp3) is 0.263. The predicted octanol–water partition coefficient (Wildman–Crippen LogP) is 2.84. The third-order valence-corrected chi connectivity index (χ3v) is 4.82. The van der Waals surface area contributed by atoms with Crippen LogP contribution in [0.5, 0.6) is 11.5 Å². The molecule has 1 fully saturated rings. The molecule has 0 saturated carbocycles. The molecule has 0 aliphatic carbocycles.